The van der Waals surface area contributed by atoms with Crippen LogP contribution in [0.15, 0.2) is 42.9 Å². The molecular weight excluding hydrogens is 354 g/mol. The number of carbonyl (C=O) groups excluding carboxylic acids is 1. The summed E-state index contributed by atoms with van der Waals surface area (Å²) in [5, 5.41) is 0. The van der Waals surface area contributed by atoms with Crippen molar-refractivity contribution in [2.24, 2.45) is 0 Å². The summed E-state index contributed by atoms with van der Waals surface area (Å²) < 4.78 is 0. The molecule has 0 radical (unpaired) electrons. The zero-order chi connectivity index (χ0) is 19.2. The summed E-state index contributed by atoms with van der Waals surface area (Å²) in [6.45, 7) is 7.75. The van der Waals surface area contributed by atoms with Gasteiger partial charge in [0.15, 0.2) is 0 Å². The van der Waals surface area contributed by atoms with Gasteiger partial charge in [-0.05, 0) is 18.2 Å². The summed E-state index contributed by atoms with van der Waals surface area (Å²) >= 11 is 0. The van der Waals surface area contributed by atoms with E-state index in [0.717, 1.165) is 70.7 Å². The lowest BCUT2D eigenvalue weighted by Crippen LogP contribution is -2.50. The highest BCUT2D eigenvalue weighted by Crippen LogP contribution is 2.14. The number of hydrogen-bond acceptors (Lipinski definition) is 7. The predicted molar refractivity (Wildman–Crippen MR) is 108 cm³/mol. The van der Waals surface area contributed by atoms with Crippen molar-refractivity contribution >= 4 is 17.7 Å². The summed E-state index contributed by atoms with van der Waals surface area (Å²) in [7, 11) is 0. The number of rotatable bonds is 5. The van der Waals surface area contributed by atoms with E-state index in [-0.39, 0.29) is 5.91 Å². The molecule has 1 amide bonds. The zero-order valence-electron chi connectivity index (χ0n) is 16.2. The van der Waals surface area contributed by atoms with Crippen LogP contribution in [0.4, 0.5) is 11.8 Å². The number of pyridine rings is 1. The highest BCUT2D eigenvalue weighted by Gasteiger charge is 2.23. The molecule has 0 atom stereocenters. The lowest BCUT2D eigenvalue weighted by molar-refractivity contribution is -0.131. The van der Waals surface area contributed by atoms with Crippen LogP contribution in [-0.4, -0.2) is 89.6 Å². The minimum atomic E-state index is 0.259. The smallest absolute Gasteiger partial charge is 0.225 e. The largest absolute Gasteiger partial charge is 0.353 e. The van der Waals surface area contributed by atoms with Crippen LogP contribution in [0, 0.1) is 0 Å². The number of carbonyl (C=O) groups is 1. The molecule has 8 heteroatoms. The fraction of sp³-hybridized carbons (Fsp3) is 0.500. The molecule has 2 fully saturated rings. The number of aromatic nitrogens is 3. The Labute approximate surface area is 165 Å². The van der Waals surface area contributed by atoms with E-state index in [9.17, 15) is 4.79 Å². The maximum Gasteiger partial charge on any atom is 0.225 e. The molecule has 2 aliphatic heterocycles. The van der Waals surface area contributed by atoms with E-state index in [4.69, 9.17) is 0 Å². The Morgan fingerprint density at radius 1 is 0.786 bits per heavy atom. The van der Waals surface area contributed by atoms with Gasteiger partial charge in [0, 0.05) is 83.9 Å². The van der Waals surface area contributed by atoms with Gasteiger partial charge in [0.05, 0.1) is 0 Å². The van der Waals surface area contributed by atoms with Gasteiger partial charge in [-0.3, -0.25) is 9.69 Å². The van der Waals surface area contributed by atoms with E-state index in [2.05, 4.69) is 29.7 Å². The quantitative estimate of drug-likeness (QED) is 0.756. The number of hydrogen-bond donors (Lipinski definition) is 0. The number of nitrogens with zero attached hydrogens (tertiary/aromatic N) is 7. The topological polar surface area (TPSA) is 68.7 Å². The van der Waals surface area contributed by atoms with Crippen LogP contribution in [0.1, 0.15) is 6.42 Å². The van der Waals surface area contributed by atoms with E-state index in [1.165, 1.54) is 0 Å². The highest BCUT2D eigenvalue weighted by atomic mass is 16.2. The minimum Gasteiger partial charge on any atom is -0.353 e. The SMILES string of the molecule is O=C(CCN1CCN(c2ncccn2)CC1)N1CCN(c2ccccn2)CC1. The Morgan fingerprint density at radius 3 is 2.14 bits per heavy atom. The van der Waals surface area contributed by atoms with Gasteiger partial charge < -0.3 is 14.7 Å². The summed E-state index contributed by atoms with van der Waals surface area (Å²) in [5.74, 6) is 2.05. The molecule has 8 nitrogen and oxygen atoms in total. The van der Waals surface area contributed by atoms with Crippen LogP contribution in [0.5, 0.6) is 0 Å². The fourth-order valence-electron chi connectivity index (χ4n) is 3.76. The van der Waals surface area contributed by atoms with Crippen LogP contribution < -0.4 is 9.80 Å². The Balaban J connectivity index is 1.18. The molecule has 2 saturated heterocycles. The second-order valence-corrected chi connectivity index (χ2v) is 7.18. The van der Waals surface area contributed by atoms with Crippen LogP contribution in [0.3, 0.4) is 0 Å². The van der Waals surface area contributed by atoms with Gasteiger partial charge in [-0.1, -0.05) is 6.07 Å². The van der Waals surface area contributed by atoms with Crippen molar-refractivity contribution in [2.45, 2.75) is 6.42 Å². The normalized spacial score (nSPS) is 18.4. The van der Waals surface area contributed by atoms with E-state index in [1.807, 2.05) is 35.4 Å². The molecule has 0 saturated carbocycles. The van der Waals surface area contributed by atoms with Crippen molar-refractivity contribution in [3.8, 4) is 0 Å². The van der Waals surface area contributed by atoms with Gasteiger partial charge in [-0.2, -0.15) is 0 Å². The first-order valence-electron chi connectivity index (χ1n) is 9.98. The van der Waals surface area contributed by atoms with Gasteiger partial charge in [0.1, 0.15) is 5.82 Å². The molecule has 4 rings (SSSR count). The first-order valence-corrected chi connectivity index (χ1v) is 9.98. The van der Waals surface area contributed by atoms with E-state index >= 15 is 0 Å². The second-order valence-electron chi connectivity index (χ2n) is 7.18. The summed E-state index contributed by atoms with van der Waals surface area (Å²) in [5.41, 5.74) is 0. The molecule has 2 aromatic rings. The average molecular weight is 381 g/mol. The standard InChI is InChI=1S/C20H27N7O/c28-19(26-16-14-25(15-17-26)18-4-1-2-6-21-18)5-9-24-10-12-27(13-11-24)20-22-7-3-8-23-20/h1-4,6-8H,5,9-17H2. The van der Waals surface area contributed by atoms with Gasteiger partial charge >= 0.3 is 0 Å². The van der Waals surface area contributed by atoms with Crippen LogP contribution in [0.25, 0.3) is 0 Å². The number of piperazine rings is 2. The van der Waals surface area contributed by atoms with Gasteiger partial charge in [-0.15, -0.1) is 0 Å². The predicted octanol–water partition coefficient (Wildman–Crippen LogP) is 0.733. The molecule has 0 unspecified atom stereocenters. The minimum absolute atomic E-state index is 0.259. The zero-order valence-corrected chi connectivity index (χ0v) is 16.2. The highest BCUT2D eigenvalue weighted by molar-refractivity contribution is 5.76. The molecular formula is C20H27N7O. The molecule has 28 heavy (non-hydrogen) atoms. The lowest BCUT2D eigenvalue weighted by atomic mass is 10.2. The van der Waals surface area contributed by atoms with Crippen molar-refractivity contribution in [3.05, 3.63) is 42.9 Å². The Bertz CT molecular complexity index is 742. The molecule has 2 aromatic heterocycles. The van der Waals surface area contributed by atoms with Gasteiger partial charge in [0.25, 0.3) is 0 Å². The molecule has 148 valence electrons. The maximum atomic E-state index is 12.6. The van der Waals surface area contributed by atoms with Crippen LogP contribution in [-0.2, 0) is 4.79 Å². The molecule has 0 N–H and O–H groups in total. The number of amides is 1. The Kier molecular flexibility index (Phi) is 5.96. The van der Waals surface area contributed by atoms with E-state index < -0.39 is 0 Å². The molecule has 0 aliphatic carbocycles. The lowest BCUT2D eigenvalue weighted by Gasteiger charge is -2.37. The van der Waals surface area contributed by atoms with Gasteiger partial charge in [0.2, 0.25) is 11.9 Å². The first-order chi connectivity index (χ1) is 13.8. The third kappa shape index (κ3) is 4.56. The molecule has 0 bridgehead atoms. The van der Waals surface area contributed by atoms with Gasteiger partial charge in [-0.25, -0.2) is 15.0 Å². The maximum absolute atomic E-state index is 12.6. The monoisotopic (exact) mass is 381 g/mol. The van der Waals surface area contributed by atoms with E-state index in [0.29, 0.717) is 6.42 Å². The Morgan fingerprint density at radius 2 is 1.46 bits per heavy atom. The van der Waals surface area contributed by atoms with Crippen LogP contribution >= 0.6 is 0 Å². The molecule has 0 spiro atoms. The molecule has 2 aliphatic rings. The molecule has 4 heterocycles. The van der Waals surface area contributed by atoms with Crippen molar-refractivity contribution in [1.82, 2.24) is 24.8 Å². The van der Waals surface area contributed by atoms with Crippen molar-refractivity contribution in [2.75, 3.05) is 68.7 Å². The van der Waals surface area contributed by atoms with Crippen molar-refractivity contribution < 1.29 is 4.79 Å². The third-order valence-corrected chi connectivity index (χ3v) is 5.45. The first kappa shape index (κ1) is 18.6. The summed E-state index contributed by atoms with van der Waals surface area (Å²) in [4.78, 5) is 34.4. The second kappa shape index (κ2) is 8.97. The number of anilines is 2. The van der Waals surface area contributed by atoms with Crippen LogP contribution in [0.2, 0.25) is 0 Å². The average Bonchev–Trinajstić information content (AvgIpc) is 2.79. The van der Waals surface area contributed by atoms with E-state index in [1.54, 1.807) is 12.4 Å². The Hall–Kier alpha value is -2.74. The van der Waals surface area contributed by atoms with Crippen molar-refractivity contribution in [3.63, 3.8) is 0 Å². The summed E-state index contributed by atoms with van der Waals surface area (Å²) in [6.07, 6.45) is 5.96. The summed E-state index contributed by atoms with van der Waals surface area (Å²) in [6, 6.07) is 7.79. The third-order valence-electron chi connectivity index (χ3n) is 5.45. The van der Waals surface area contributed by atoms with Crippen molar-refractivity contribution in [1.29, 1.82) is 0 Å². The molecule has 0 aromatic carbocycles. The fourth-order valence-corrected chi connectivity index (χ4v) is 3.76.